The SMILES string of the molecule is NC(CC(=O)Nc1cccc2ccncc12)=NO. The van der Waals surface area contributed by atoms with Gasteiger partial charge in [0.05, 0.1) is 12.1 Å². The highest BCUT2D eigenvalue weighted by Gasteiger charge is 2.07. The smallest absolute Gasteiger partial charge is 0.232 e. The van der Waals surface area contributed by atoms with Gasteiger partial charge in [0.1, 0.15) is 5.84 Å². The van der Waals surface area contributed by atoms with Gasteiger partial charge < -0.3 is 16.3 Å². The standard InChI is InChI=1S/C12H12N4O2/c13-11(16-18)6-12(17)15-10-3-1-2-8-4-5-14-7-9(8)10/h1-5,7,18H,6H2,(H2,13,16)(H,15,17). The lowest BCUT2D eigenvalue weighted by Crippen LogP contribution is -2.22. The Morgan fingerprint density at radius 3 is 3.06 bits per heavy atom. The fraction of sp³-hybridized carbons (Fsp3) is 0.0833. The number of fused-ring (bicyclic) bond motifs is 1. The van der Waals surface area contributed by atoms with Crippen LogP contribution in [0.4, 0.5) is 5.69 Å². The van der Waals surface area contributed by atoms with Crippen LogP contribution in [0.1, 0.15) is 6.42 Å². The number of aromatic nitrogens is 1. The Balaban J connectivity index is 2.24. The largest absolute Gasteiger partial charge is 0.409 e. The minimum atomic E-state index is -0.346. The molecule has 18 heavy (non-hydrogen) atoms. The van der Waals surface area contributed by atoms with E-state index in [-0.39, 0.29) is 18.2 Å². The predicted molar refractivity (Wildman–Crippen MR) is 68.4 cm³/mol. The summed E-state index contributed by atoms with van der Waals surface area (Å²) >= 11 is 0. The Kier molecular flexibility index (Phi) is 3.38. The zero-order valence-corrected chi connectivity index (χ0v) is 9.50. The highest BCUT2D eigenvalue weighted by Crippen LogP contribution is 2.21. The molecule has 1 heterocycles. The van der Waals surface area contributed by atoms with E-state index in [1.54, 1.807) is 18.5 Å². The molecule has 0 bridgehead atoms. The van der Waals surface area contributed by atoms with Gasteiger partial charge in [-0.25, -0.2) is 0 Å². The lowest BCUT2D eigenvalue weighted by molar-refractivity contribution is -0.115. The van der Waals surface area contributed by atoms with Crippen LogP contribution in [-0.2, 0) is 4.79 Å². The lowest BCUT2D eigenvalue weighted by Gasteiger charge is -2.07. The molecule has 0 unspecified atom stereocenters. The number of hydrogen-bond donors (Lipinski definition) is 3. The van der Waals surface area contributed by atoms with Crippen LogP contribution in [0.2, 0.25) is 0 Å². The number of pyridine rings is 1. The minimum absolute atomic E-state index is 0.133. The molecular weight excluding hydrogens is 232 g/mol. The molecule has 0 aliphatic rings. The number of carbonyl (C=O) groups is 1. The maximum absolute atomic E-state index is 11.6. The average molecular weight is 244 g/mol. The van der Waals surface area contributed by atoms with E-state index in [1.807, 2.05) is 18.2 Å². The van der Waals surface area contributed by atoms with Gasteiger partial charge in [-0.15, -0.1) is 0 Å². The molecule has 0 aliphatic heterocycles. The Bertz CT molecular complexity index is 605. The zero-order valence-electron chi connectivity index (χ0n) is 9.50. The zero-order chi connectivity index (χ0) is 13.0. The highest BCUT2D eigenvalue weighted by molar-refractivity contribution is 6.08. The molecule has 2 aromatic rings. The number of oxime groups is 1. The normalized spacial score (nSPS) is 11.4. The van der Waals surface area contributed by atoms with Gasteiger partial charge in [-0.2, -0.15) is 0 Å². The number of nitrogens with two attached hydrogens (primary N) is 1. The van der Waals surface area contributed by atoms with E-state index in [0.29, 0.717) is 5.69 Å². The lowest BCUT2D eigenvalue weighted by atomic mass is 10.1. The maximum Gasteiger partial charge on any atom is 0.232 e. The van der Waals surface area contributed by atoms with E-state index in [0.717, 1.165) is 10.8 Å². The van der Waals surface area contributed by atoms with E-state index >= 15 is 0 Å². The van der Waals surface area contributed by atoms with Crippen molar-refractivity contribution < 1.29 is 10.0 Å². The van der Waals surface area contributed by atoms with E-state index in [4.69, 9.17) is 10.9 Å². The summed E-state index contributed by atoms with van der Waals surface area (Å²) in [6, 6.07) is 7.39. The first-order valence-corrected chi connectivity index (χ1v) is 5.29. The number of amides is 1. The summed E-state index contributed by atoms with van der Waals surface area (Å²) in [4.78, 5) is 15.6. The Hall–Kier alpha value is -2.63. The van der Waals surface area contributed by atoms with Crippen LogP contribution < -0.4 is 11.1 Å². The molecule has 1 aromatic heterocycles. The monoisotopic (exact) mass is 244 g/mol. The fourth-order valence-corrected chi connectivity index (χ4v) is 1.62. The third-order valence-electron chi connectivity index (χ3n) is 2.43. The summed E-state index contributed by atoms with van der Waals surface area (Å²) in [7, 11) is 0. The first-order valence-electron chi connectivity index (χ1n) is 5.29. The second-order valence-corrected chi connectivity index (χ2v) is 3.72. The Morgan fingerprint density at radius 1 is 1.44 bits per heavy atom. The van der Waals surface area contributed by atoms with Crippen LogP contribution >= 0.6 is 0 Å². The number of nitrogens with zero attached hydrogens (tertiary/aromatic N) is 2. The number of hydrogen-bond acceptors (Lipinski definition) is 4. The highest BCUT2D eigenvalue weighted by atomic mass is 16.4. The van der Waals surface area contributed by atoms with Crippen molar-refractivity contribution in [3.05, 3.63) is 36.7 Å². The van der Waals surface area contributed by atoms with Gasteiger partial charge in [0.25, 0.3) is 0 Å². The molecule has 0 spiro atoms. The van der Waals surface area contributed by atoms with Gasteiger partial charge in [0.15, 0.2) is 0 Å². The summed E-state index contributed by atoms with van der Waals surface area (Å²) in [5, 5.41) is 15.7. The van der Waals surface area contributed by atoms with Crippen LogP contribution in [0.3, 0.4) is 0 Å². The maximum atomic E-state index is 11.6. The molecule has 0 saturated heterocycles. The first kappa shape index (κ1) is 11.8. The van der Waals surface area contributed by atoms with E-state index in [9.17, 15) is 4.79 Å². The number of benzene rings is 1. The van der Waals surface area contributed by atoms with Gasteiger partial charge >= 0.3 is 0 Å². The molecular formula is C12H12N4O2. The molecule has 1 aromatic carbocycles. The molecule has 6 heteroatoms. The molecule has 0 atom stereocenters. The Labute approximate surface area is 103 Å². The molecule has 2 rings (SSSR count). The van der Waals surface area contributed by atoms with Gasteiger partial charge in [0, 0.05) is 17.8 Å². The van der Waals surface area contributed by atoms with E-state index in [2.05, 4.69) is 15.5 Å². The summed E-state index contributed by atoms with van der Waals surface area (Å²) in [6.45, 7) is 0. The fourth-order valence-electron chi connectivity index (χ4n) is 1.62. The predicted octanol–water partition coefficient (Wildman–Crippen LogP) is 1.31. The van der Waals surface area contributed by atoms with Crippen LogP contribution in [0.15, 0.2) is 41.8 Å². The van der Waals surface area contributed by atoms with Crippen molar-refractivity contribution >= 4 is 28.2 Å². The second-order valence-electron chi connectivity index (χ2n) is 3.72. The van der Waals surface area contributed by atoms with Crippen LogP contribution in [-0.4, -0.2) is 21.9 Å². The van der Waals surface area contributed by atoms with Gasteiger partial charge in [-0.3, -0.25) is 9.78 Å². The van der Waals surface area contributed by atoms with Crippen molar-refractivity contribution in [1.29, 1.82) is 0 Å². The summed E-state index contributed by atoms with van der Waals surface area (Å²) < 4.78 is 0. The van der Waals surface area contributed by atoms with Crippen LogP contribution in [0.25, 0.3) is 10.8 Å². The number of nitrogens with one attached hydrogen (secondary N) is 1. The Morgan fingerprint density at radius 2 is 2.28 bits per heavy atom. The number of rotatable bonds is 3. The molecule has 0 radical (unpaired) electrons. The molecule has 0 saturated carbocycles. The molecule has 6 nitrogen and oxygen atoms in total. The van der Waals surface area contributed by atoms with Crippen molar-refractivity contribution in [3.63, 3.8) is 0 Å². The summed E-state index contributed by atoms with van der Waals surface area (Å²) in [5.41, 5.74) is 5.92. The van der Waals surface area contributed by atoms with Gasteiger partial charge in [-0.05, 0) is 17.5 Å². The molecule has 0 aliphatic carbocycles. The third kappa shape index (κ3) is 2.54. The topological polar surface area (TPSA) is 101 Å². The first-order chi connectivity index (χ1) is 8.70. The molecule has 1 amide bonds. The molecule has 0 fully saturated rings. The van der Waals surface area contributed by atoms with Crippen molar-refractivity contribution in [2.75, 3.05) is 5.32 Å². The molecule has 4 N–H and O–H groups in total. The van der Waals surface area contributed by atoms with Crippen molar-refractivity contribution in [3.8, 4) is 0 Å². The van der Waals surface area contributed by atoms with Gasteiger partial charge in [0.2, 0.25) is 5.91 Å². The summed E-state index contributed by atoms with van der Waals surface area (Å²) in [5.74, 6) is -0.479. The summed E-state index contributed by atoms with van der Waals surface area (Å²) in [6.07, 6.45) is 3.20. The average Bonchev–Trinajstić information content (AvgIpc) is 2.39. The van der Waals surface area contributed by atoms with Crippen LogP contribution in [0.5, 0.6) is 0 Å². The molecule has 92 valence electrons. The van der Waals surface area contributed by atoms with E-state index < -0.39 is 0 Å². The van der Waals surface area contributed by atoms with Crippen molar-refractivity contribution in [2.45, 2.75) is 6.42 Å². The van der Waals surface area contributed by atoms with Crippen molar-refractivity contribution in [2.24, 2.45) is 10.9 Å². The quantitative estimate of drug-likeness (QED) is 0.328. The minimum Gasteiger partial charge on any atom is -0.409 e. The van der Waals surface area contributed by atoms with Crippen molar-refractivity contribution in [1.82, 2.24) is 4.98 Å². The number of amidine groups is 1. The van der Waals surface area contributed by atoms with E-state index in [1.165, 1.54) is 0 Å². The van der Waals surface area contributed by atoms with Crippen LogP contribution in [0, 0.1) is 0 Å². The third-order valence-corrected chi connectivity index (χ3v) is 2.43. The van der Waals surface area contributed by atoms with Gasteiger partial charge in [-0.1, -0.05) is 17.3 Å². The second kappa shape index (κ2) is 5.13. The number of anilines is 1. The number of carbonyl (C=O) groups excluding carboxylic acids is 1.